The number of carbonyl (C=O) groups excluding carboxylic acids is 1. The summed E-state index contributed by atoms with van der Waals surface area (Å²) in [4.78, 5) is 12.0. The van der Waals surface area contributed by atoms with Gasteiger partial charge in [0.2, 0.25) is 5.91 Å². The summed E-state index contributed by atoms with van der Waals surface area (Å²) in [5.41, 5.74) is 0.888. The number of benzene rings is 1. The van der Waals surface area contributed by atoms with E-state index in [9.17, 15) is 4.79 Å². The summed E-state index contributed by atoms with van der Waals surface area (Å²) in [6, 6.07) is 5.91. The van der Waals surface area contributed by atoms with Crippen LogP contribution < -0.4 is 10.6 Å². The van der Waals surface area contributed by atoms with E-state index in [1.165, 1.54) is 6.42 Å². The third kappa shape index (κ3) is 4.20. The van der Waals surface area contributed by atoms with Crippen molar-refractivity contribution in [1.29, 1.82) is 0 Å². The first-order valence-corrected chi connectivity index (χ1v) is 7.98. The van der Waals surface area contributed by atoms with E-state index in [0.29, 0.717) is 12.3 Å². The molecule has 1 aromatic rings. The fourth-order valence-electron chi connectivity index (χ4n) is 2.15. The highest BCUT2D eigenvalue weighted by Gasteiger charge is 2.17. The highest BCUT2D eigenvalue weighted by atomic mass is 127. The largest absolute Gasteiger partial charge is 0.325 e. The third-order valence-corrected chi connectivity index (χ3v) is 4.51. The Kier molecular flexibility index (Phi) is 5.44. The summed E-state index contributed by atoms with van der Waals surface area (Å²) in [6.07, 6.45) is 2.93. The lowest BCUT2D eigenvalue weighted by Crippen LogP contribution is -2.32. The van der Waals surface area contributed by atoms with Crippen molar-refractivity contribution in [2.24, 2.45) is 5.92 Å². The van der Waals surface area contributed by atoms with Gasteiger partial charge in [-0.2, -0.15) is 0 Å². The monoisotopic (exact) mass is 422 g/mol. The van der Waals surface area contributed by atoms with Crippen LogP contribution in [0, 0.1) is 9.49 Å². The Balaban J connectivity index is 1.92. The van der Waals surface area contributed by atoms with Gasteiger partial charge in [0.1, 0.15) is 0 Å². The Morgan fingerprint density at radius 2 is 2.39 bits per heavy atom. The van der Waals surface area contributed by atoms with Crippen LogP contribution in [0.15, 0.2) is 22.7 Å². The minimum Gasteiger partial charge on any atom is -0.325 e. The van der Waals surface area contributed by atoms with Crippen molar-refractivity contribution in [3.05, 3.63) is 26.2 Å². The number of halogens is 2. The first-order valence-electron chi connectivity index (χ1n) is 6.11. The number of nitrogens with one attached hydrogen (secondary N) is 2. The van der Waals surface area contributed by atoms with E-state index in [0.717, 1.165) is 33.2 Å². The van der Waals surface area contributed by atoms with Gasteiger partial charge in [-0.25, -0.2) is 0 Å². The highest BCUT2D eigenvalue weighted by molar-refractivity contribution is 14.1. The summed E-state index contributed by atoms with van der Waals surface area (Å²) in [5, 5.41) is 6.33. The molecule has 98 valence electrons. The lowest BCUT2D eigenvalue weighted by molar-refractivity contribution is -0.117. The molecule has 0 radical (unpaired) electrons. The Bertz CT molecular complexity index is 433. The second kappa shape index (κ2) is 6.86. The van der Waals surface area contributed by atoms with Crippen molar-refractivity contribution in [2.75, 3.05) is 18.4 Å². The van der Waals surface area contributed by atoms with Crippen LogP contribution in [0.1, 0.15) is 19.3 Å². The zero-order chi connectivity index (χ0) is 13.0. The first kappa shape index (κ1) is 14.3. The molecule has 18 heavy (non-hydrogen) atoms. The molecule has 1 amide bonds. The normalized spacial score (nSPS) is 19.6. The van der Waals surface area contributed by atoms with Crippen LogP contribution in [0.3, 0.4) is 0 Å². The van der Waals surface area contributed by atoms with Crippen LogP contribution in [-0.4, -0.2) is 19.0 Å². The van der Waals surface area contributed by atoms with Gasteiger partial charge in [0.05, 0.1) is 5.69 Å². The maximum absolute atomic E-state index is 12.0. The lowest BCUT2D eigenvalue weighted by atomic mass is 9.96. The number of hydrogen-bond acceptors (Lipinski definition) is 2. The van der Waals surface area contributed by atoms with Crippen LogP contribution in [0.2, 0.25) is 0 Å². The van der Waals surface area contributed by atoms with Gasteiger partial charge in [0, 0.05) is 14.5 Å². The smallest absolute Gasteiger partial charge is 0.224 e. The zero-order valence-electron chi connectivity index (χ0n) is 10.0. The van der Waals surface area contributed by atoms with Gasteiger partial charge in [0.25, 0.3) is 0 Å². The van der Waals surface area contributed by atoms with Crippen LogP contribution in [0.5, 0.6) is 0 Å². The molecule has 1 heterocycles. The average molecular weight is 423 g/mol. The summed E-state index contributed by atoms with van der Waals surface area (Å²) < 4.78 is 2.04. The number of amides is 1. The molecule has 0 spiro atoms. The number of piperidine rings is 1. The predicted molar refractivity (Wildman–Crippen MR) is 85.7 cm³/mol. The van der Waals surface area contributed by atoms with E-state index in [1.807, 2.05) is 18.2 Å². The maximum atomic E-state index is 12.0. The van der Waals surface area contributed by atoms with Crippen LogP contribution in [0.4, 0.5) is 5.69 Å². The fourth-order valence-corrected chi connectivity index (χ4v) is 2.99. The predicted octanol–water partition coefficient (Wildman–Crippen LogP) is 3.38. The SMILES string of the molecule is O=C(CC1CCCNC1)Nc1cc(Br)ccc1I. The Morgan fingerprint density at radius 1 is 1.56 bits per heavy atom. The van der Waals surface area contributed by atoms with E-state index in [1.54, 1.807) is 0 Å². The first-order chi connectivity index (χ1) is 8.65. The quantitative estimate of drug-likeness (QED) is 0.733. The second-order valence-electron chi connectivity index (χ2n) is 4.59. The van der Waals surface area contributed by atoms with E-state index in [-0.39, 0.29) is 5.91 Å². The van der Waals surface area contributed by atoms with E-state index in [4.69, 9.17) is 0 Å². The van der Waals surface area contributed by atoms with Gasteiger partial charge >= 0.3 is 0 Å². The molecule has 0 aromatic heterocycles. The number of anilines is 1. The lowest BCUT2D eigenvalue weighted by Gasteiger charge is -2.22. The number of carbonyl (C=O) groups is 1. The summed E-state index contributed by atoms with van der Waals surface area (Å²) in [7, 11) is 0. The van der Waals surface area contributed by atoms with Gasteiger partial charge in [-0.15, -0.1) is 0 Å². The molecule has 0 saturated carbocycles. The molecule has 1 aliphatic heterocycles. The Hall–Kier alpha value is -0.140. The summed E-state index contributed by atoms with van der Waals surface area (Å²) in [5.74, 6) is 0.586. The zero-order valence-corrected chi connectivity index (χ0v) is 13.8. The highest BCUT2D eigenvalue weighted by Crippen LogP contribution is 2.23. The Morgan fingerprint density at radius 3 is 3.11 bits per heavy atom. The van der Waals surface area contributed by atoms with Gasteiger partial charge in [-0.3, -0.25) is 4.79 Å². The van der Waals surface area contributed by atoms with Crippen LogP contribution >= 0.6 is 38.5 Å². The van der Waals surface area contributed by atoms with E-state index >= 15 is 0 Å². The van der Waals surface area contributed by atoms with Crippen LogP contribution in [0.25, 0.3) is 0 Å². The molecule has 3 nitrogen and oxygen atoms in total. The second-order valence-corrected chi connectivity index (χ2v) is 6.67. The molecule has 2 rings (SSSR count). The molecule has 2 N–H and O–H groups in total. The molecular weight excluding hydrogens is 407 g/mol. The molecule has 1 saturated heterocycles. The number of hydrogen-bond donors (Lipinski definition) is 2. The average Bonchev–Trinajstić information content (AvgIpc) is 2.35. The van der Waals surface area contributed by atoms with Crippen molar-refractivity contribution >= 4 is 50.1 Å². The summed E-state index contributed by atoms with van der Waals surface area (Å²) >= 11 is 5.65. The fraction of sp³-hybridized carbons (Fsp3) is 0.462. The minimum absolute atomic E-state index is 0.111. The van der Waals surface area contributed by atoms with Gasteiger partial charge in [-0.1, -0.05) is 15.9 Å². The van der Waals surface area contributed by atoms with Crippen molar-refractivity contribution in [1.82, 2.24) is 5.32 Å². The number of rotatable bonds is 3. The topological polar surface area (TPSA) is 41.1 Å². The molecular formula is C13H16BrIN2O. The molecule has 1 aromatic carbocycles. The van der Waals surface area contributed by atoms with Crippen LogP contribution in [-0.2, 0) is 4.79 Å². The molecule has 1 fully saturated rings. The summed E-state index contributed by atoms with van der Waals surface area (Å²) in [6.45, 7) is 2.05. The molecule has 1 unspecified atom stereocenters. The minimum atomic E-state index is 0.111. The standard InChI is InChI=1S/C13H16BrIN2O/c14-10-3-4-11(15)12(7-10)17-13(18)6-9-2-1-5-16-8-9/h3-4,7,9,16H,1-2,5-6,8H2,(H,17,18). The molecule has 1 aliphatic rings. The van der Waals surface area contributed by atoms with Crippen molar-refractivity contribution in [3.63, 3.8) is 0 Å². The third-order valence-electron chi connectivity index (χ3n) is 3.08. The van der Waals surface area contributed by atoms with Crippen molar-refractivity contribution < 1.29 is 4.79 Å². The molecule has 0 aliphatic carbocycles. The Labute approximate surface area is 129 Å². The van der Waals surface area contributed by atoms with E-state index < -0.39 is 0 Å². The van der Waals surface area contributed by atoms with E-state index in [2.05, 4.69) is 49.2 Å². The molecule has 1 atom stereocenters. The molecule has 5 heteroatoms. The van der Waals surface area contributed by atoms with Crippen molar-refractivity contribution in [2.45, 2.75) is 19.3 Å². The van der Waals surface area contributed by atoms with Gasteiger partial charge in [-0.05, 0) is 72.6 Å². The van der Waals surface area contributed by atoms with Gasteiger partial charge in [0.15, 0.2) is 0 Å². The maximum Gasteiger partial charge on any atom is 0.224 e. The molecule has 0 bridgehead atoms. The van der Waals surface area contributed by atoms with Crippen molar-refractivity contribution in [3.8, 4) is 0 Å². The van der Waals surface area contributed by atoms with Gasteiger partial charge < -0.3 is 10.6 Å².